The molecule has 0 unspecified atom stereocenters. The van der Waals surface area contributed by atoms with E-state index >= 15 is 0 Å². The van der Waals surface area contributed by atoms with Gasteiger partial charge in [-0.25, -0.2) is 4.68 Å². The van der Waals surface area contributed by atoms with Crippen LogP contribution in [0.3, 0.4) is 0 Å². The van der Waals surface area contributed by atoms with Crippen molar-refractivity contribution in [3.8, 4) is 10.8 Å². The number of carbonyl (C=O) groups excluding carboxylic acids is 1. The molecule has 1 amide bonds. The Balaban J connectivity index is 1.59. The first-order valence-corrected chi connectivity index (χ1v) is 12.2. The maximum atomic E-state index is 12.8. The molecular formula is C24H23ClN6O3S. The van der Waals surface area contributed by atoms with Gasteiger partial charge in [-0.2, -0.15) is 4.98 Å². The van der Waals surface area contributed by atoms with E-state index in [1.807, 2.05) is 48.7 Å². The van der Waals surface area contributed by atoms with Crippen molar-refractivity contribution in [1.29, 1.82) is 5.41 Å². The molecule has 2 aromatic rings. The van der Waals surface area contributed by atoms with E-state index in [9.17, 15) is 9.59 Å². The lowest BCUT2D eigenvalue weighted by atomic mass is 10.2. The van der Waals surface area contributed by atoms with E-state index in [1.54, 1.807) is 11.0 Å². The van der Waals surface area contributed by atoms with Crippen LogP contribution >= 0.6 is 22.9 Å². The Bertz CT molecular complexity index is 1640. The number of ether oxygens (including phenoxy) is 1. The van der Waals surface area contributed by atoms with Crippen molar-refractivity contribution in [3.05, 3.63) is 78.0 Å². The van der Waals surface area contributed by atoms with Crippen molar-refractivity contribution in [1.82, 2.24) is 24.2 Å². The second-order valence-electron chi connectivity index (χ2n) is 8.24. The molecule has 35 heavy (non-hydrogen) atoms. The third-order valence-electron chi connectivity index (χ3n) is 5.93. The summed E-state index contributed by atoms with van der Waals surface area (Å²) >= 11 is 7.33. The Hall–Kier alpha value is -3.47. The highest BCUT2D eigenvalue weighted by atomic mass is 35.5. The van der Waals surface area contributed by atoms with Gasteiger partial charge in [-0.3, -0.25) is 20.1 Å². The van der Waals surface area contributed by atoms with Crippen molar-refractivity contribution < 1.29 is 9.53 Å². The summed E-state index contributed by atoms with van der Waals surface area (Å²) in [5.74, 6) is -0.147. The molecule has 0 radical (unpaired) electrons. The molecule has 3 aliphatic rings. The van der Waals surface area contributed by atoms with Gasteiger partial charge in [0.15, 0.2) is 5.49 Å². The molecule has 4 heterocycles. The number of aromatic nitrogens is 4. The second kappa shape index (κ2) is 9.29. The molecule has 1 aromatic carbocycles. The van der Waals surface area contributed by atoms with Gasteiger partial charge in [-0.15, -0.1) is 0 Å². The highest BCUT2D eigenvalue weighted by molar-refractivity contribution is 7.11. The predicted octanol–water partition coefficient (Wildman–Crippen LogP) is 1.07. The van der Waals surface area contributed by atoms with Gasteiger partial charge in [0, 0.05) is 41.3 Å². The monoisotopic (exact) mass is 510 g/mol. The number of benzene rings is 1. The molecule has 180 valence electrons. The number of hydrogen-bond donors (Lipinski definition) is 2. The van der Waals surface area contributed by atoms with Crippen LogP contribution in [-0.4, -0.2) is 56.4 Å². The zero-order chi connectivity index (χ0) is 24.7. The van der Waals surface area contributed by atoms with Gasteiger partial charge in [0.2, 0.25) is 11.0 Å². The molecule has 1 saturated heterocycles. The van der Waals surface area contributed by atoms with Crippen molar-refractivity contribution in [2.24, 2.45) is 0 Å². The molecule has 11 heteroatoms. The quantitative estimate of drug-likeness (QED) is 0.429. The first-order chi connectivity index (χ1) is 16.8. The minimum absolute atomic E-state index is 0.0257. The number of carbonyl (C=O) groups is 1. The van der Waals surface area contributed by atoms with Gasteiger partial charge in [0.1, 0.15) is 4.66 Å². The molecule has 3 aliphatic heterocycles. The summed E-state index contributed by atoms with van der Waals surface area (Å²) in [5, 5.41) is 12.8. The zero-order valence-electron chi connectivity index (χ0n) is 19.2. The molecule has 5 rings (SSSR count). The molecule has 0 aliphatic carbocycles. The summed E-state index contributed by atoms with van der Waals surface area (Å²) in [5.41, 5.74) is 3.08. The Morgan fingerprint density at radius 2 is 2.03 bits per heavy atom. The number of morpholine rings is 1. The average molecular weight is 511 g/mol. The minimum Gasteiger partial charge on any atom is -0.378 e. The SMILES string of the molecule is Cc1cc(/C=c2/c(=O)nc3s/c(=C/C(=O)N4CCOCC4)[nH]n-3c2=N)c(C)n1-c1cccc(Cl)c1. The Morgan fingerprint density at radius 1 is 1.26 bits per heavy atom. The number of fused-ring (bicyclic) bond motifs is 1. The number of rotatable bonds is 3. The number of aryl methyl sites for hydroxylation is 1. The van der Waals surface area contributed by atoms with E-state index in [2.05, 4.69) is 10.1 Å². The molecule has 0 saturated carbocycles. The van der Waals surface area contributed by atoms with Crippen molar-refractivity contribution in [2.75, 3.05) is 26.3 Å². The van der Waals surface area contributed by atoms with E-state index in [-0.39, 0.29) is 16.6 Å². The fourth-order valence-corrected chi connectivity index (χ4v) is 5.23. The van der Waals surface area contributed by atoms with Crippen LogP contribution in [0.4, 0.5) is 0 Å². The van der Waals surface area contributed by atoms with Gasteiger partial charge < -0.3 is 14.2 Å². The molecule has 2 N–H and O–H groups in total. The smallest absolute Gasteiger partial charge is 0.283 e. The molecule has 9 nitrogen and oxygen atoms in total. The molecular weight excluding hydrogens is 488 g/mol. The Kier molecular flexibility index (Phi) is 6.18. The van der Waals surface area contributed by atoms with Crippen LogP contribution in [0, 0.1) is 19.3 Å². The van der Waals surface area contributed by atoms with Crippen LogP contribution in [0.5, 0.6) is 0 Å². The Morgan fingerprint density at radius 3 is 2.77 bits per heavy atom. The van der Waals surface area contributed by atoms with Crippen molar-refractivity contribution in [2.45, 2.75) is 13.8 Å². The molecule has 0 atom stereocenters. The number of nitrogens with zero attached hydrogens (tertiary/aromatic N) is 4. The van der Waals surface area contributed by atoms with Crippen molar-refractivity contribution in [3.63, 3.8) is 0 Å². The van der Waals surface area contributed by atoms with Crippen LogP contribution in [0.2, 0.25) is 5.02 Å². The van der Waals surface area contributed by atoms with Crippen LogP contribution in [0.15, 0.2) is 35.1 Å². The Labute approximate surface area is 209 Å². The predicted molar refractivity (Wildman–Crippen MR) is 134 cm³/mol. The maximum Gasteiger partial charge on any atom is 0.283 e. The summed E-state index contributed by atoms with van der Waals surface area (Å²) in [6, 6.07) is 9.50. The standard InChI is InChI=1S/C24H23ClN6O3S/c1-14-10-16(15(2)30(14)18-5-3-4-17(25)12-18)11-19-22(26)31-24(27-23(19)33)35-20(28-31)13-21(32)29-6-8-34-9-7-29/h3-5,10-13,26,28H,6-9H2,1-2H3/b19-11+,20-13+,26-22?. The van der Waals surface area contributed by atoms with Gasteiger partial charge in [0.25, 0.3) is 5.56 Å². The summed E-state index contributed by atoms with van der Waals surface area (Å²) in [7, 11) is 0. The van der Waals surface area contributed by atoms with E-state index in [0.717, 1.165) is 34.0 Å². The first kappa shape index (κ1) is 23.3. The fourth-order valence-electron chi connectivity index (χ4n) is 4.20. The van der Waals surface area contributed by atoms with E-state index < -0.39 is 5.56 Å². The number of H-pyrrole nitrogens is 1. The van der Waals surface area contributed by atoms with Crippen LogP contribution in [-0.2, 0) is 9.53 Å². The van der Waals surface area contributed by atoms with Gasteiger partial charge in [-0.05, 0) is 49.8 Å². The second-order valence-corrected chi connectivity index (χ2v) is 9.69. The van der Waals surface area contributed by atoms with Crippen LogP contribution in [0.1, 0.15) is 17.0 Å². The lowest BCUT2D eigenvalue weighted by Crippen LogP contribution is -2.47. The number of hydrogen-bond acceptors (Lipinski definition) is 6. The van der Waals surface area contributed by atoms with Crippen LogP contribution < -0.4 is 20.9 Å². The third kappa shape index (κ3) is 4.47. The number of halogens is 1. The van der Waals surface area contributed by atoms with E-state index in [4.69, 9.17) is 21.7 Å². The lowest BCUT2D eigenvalue weighted by molar-refractivity contribution is -0.128. The highest BCUT2D eigenvalue weighted by Gasteiger charge is 2.17. The molecule has 1 aromatic heterocycles. The fraction of sp³-hybridized carbons (Fsp3) is 0.250. The topological polar surface area (TPSA) is 109 Å². The van der Waals surface area contributed by atoms with E-state index in [1.165, 1.54) is 10.8 Å². The zero-order valence-corrected chi connectivity index (χ0v) is 20.7. The summed E-state index contributed by atoms with van der Waals surface area (Å²) in [6.07, 6.45) is 3.15. The first-order valence-electron chi connectivity index (χ1n) is 11.0. The summed E-state index contributed by atoms with van der Waals surface area (Å²) in [4.78, 5) is 31.3. The largest absolute Gasteiger partial charge is 0.378 e. The molecule has 0 bridgehead atoms. The third-order valence-corrected chi connectivity index (χ3v) is 7.06. The van der Waals surface area contributed by atoms with Gasteiger partial charge >= 0.3 is 0 Å². The number of aromatic amines is 1. The van der Waals surface area contributed by atoms with Crippen molar-refractivity contribution >= 4 is 41.0 Å². The highest BCUT2D eigenvalue weighted by Crippen LogP contribution is 2.23. The van der Waals surface area contributed by atoms with Gasteiger partial charge in [0.05, 0.1) is 18.4 Å². The lowest BCUT2D eigenvalue weighted by Gasteiger charge is -2.25. The number of nitrogens with one attached hydrogen (secondary N) is 2. The summed E-state index contributed by atoms with van der Waals surface area (Å²) < 4.78 is 9.27. The minimum atomic E-state index is -0.496. The number of amides is 1. The molecule has 1 fully saturated rings. The average Bonchev–Trinajstić information content (AvgIpc) is 3.36. The van der Waals surface area contributed by atoms with E-state index in [0.29, 0.717) is 41.1 Å². The van der Waals surface area contributed by atoms with Crippen LogP contribution in [0.25, 0.3) is 23.0 Å². The molecule has 0 spiro atoms. The van der Waals surface area contributed by atoms with Gasteiger partial charge in [-0.1, -0.05) is 29.0 Å². The normalized spacial score (nSPS) is 15.3. The maximum absolute atomic E-state index is 12.8. The summed E-state index contributed by atoms with van der Waals surface area (Å²) in [6.45, 7) is 6.02.